The van der Waals surface area contributed by atoms with Crippen LogP contribution in [0.2, 0.25) is 0 Å². The van der Waals surface area contributed by atoms with Crippen LogP contribution in [0.3, 0.4) is 0 Å². The van der Waals surface area contributed by atoms with E-state index in [1.54, 1.807) is 0 Å². The number of fused-ring (bicyclic) bond motifs is 1. The van der Waals surface area contributed by atoms with Crippen molar-refractivity contribution < 1.29 is 4.52 Å². The van der Waals surface area contributed by atoms with Crippen molar-refractivity contribution in [2.24, 2.45) is 16.6 Å². The van der Waals surface area contributed by atoms with Crippen molar-refractivity contribution in [2.75, 3.05) is 13.1 Å². The van der Waals surface area contributed by atoms with Crippen LogP contribution >= 0.6 is 24.0 Å². The van der Waals surface area contributed by atoms with Gasteiger partial charge in [0.1, 0.15) is 11.5 Å². The van der Waals surface area contributed by atoms with E-state index in [1.807, 2.05) is 0 Å². The van der Waals surface area contributed by atoms with Gasteiger partial charge in [-0.1, -0.05) is 12.1 Å². The molecule has 3 rings (SSSR count). The average Bonchev–Trinajstić information content (AvgIpc) is 2.88. The Kier molecular flexibility index (Phi) is 5.89. The third-order valence-electron chi connectivity index (χ3n) is 4.40. The Morgan fingerprint density at radius 1 is 1.38 bits per heavy atom. The zero-order valence-electron chi connectivity index (χ0n) is 12.7. The zero-order valence-corrected chi connectivity index (χ0v) is 15.0. The van der Waals surface area contributed by atoms with Gasteiger partial charge in [0, 0.05) is 25.1 Å². The summed E-state index contributed by atoms with van der Waals surface area (Å²) in [5, 5.41) is 4.17. The number of nitrogens with zero attached hydrogens (tertiary/aromatic N) is 3. The van der Waals surface area contributed by atoms with Crippen LogP contribution in [0.1, 0.15) is 49.6 Å². The first-order valence-corrected chi connectivity index (χ1v) is 7.75. The lowest BCUT2D eigenvalue weighted by Crippen LogP contribution is -2.43. The van der Waals surface area contributed by atoms with Crippen molar-refractivity contribution in [3.8, 4) is 0 Å². The summed E-state index contributed by atoms with van der Waals surface area (Å²) in [6.45, 7) is 4.87. The van der Waals surface area contributed by atoms with Gasteiger partial charge >= 0.3 is 0 Å². The molecule has 1 aliphatic carbocycles. The van der Waals surface area contributed by atoms with Crippen LogP contribution < -0.4 is 5.73 Å². The SMILES string of the molecule is CC1CCCN(C(N)=NCc2noc3c2CCCC3)C1.I. The molecule has 0 bridgehead atoms. The number of hydrogen-bond acceptors (Lipinski definition) is 3. The first-order valence-electron chi connectivity index (χ1n) is 7.75. The number of guanidine groups is 1. The number of likely N-dealkylation sites (tertiary alicyclic amines) is 1. The maximum atomic E-state index is 6.12. The van der Waals surface area contributed by atoms with E-state index in [0.717, 1.165) is 37.4 Å². The Labute approximate surface area is 143 Å². The lowest BCUT2D eigenvalue weighted by atomic mass is 9.96. The minimum Gasteiger partial charge on any atom is -0.370 e. The van der Waals surface area contributed by atoms with Crippen LogP contribution in [0.15, 0.2) is 9.52 Å². The lowest BCUT2D eigenvalue weighted by molar-refractivity contribution is 0.270. The van der Waals surface area contributed by atoms with E-state index < -0.39 is 0 Å². The van der Waals surface area contributed by atoms with E-state index in [1.165, 1.54) is 31.2 Å². The summed E-state index contributed by atoms with van der Waals surface area (Å²) in [6.07, 6.45) is 7.02. The molecule has 0 spiro atoms. The standard InChI is InChI=1S/C15H24N4O.HI/c1-11-5-4-8-19(10-11)15(16)17-9-13-12-6-2-3-7-14(12)20-18-13;/h11H,2-10H2,1H3,(H2,16,17);1H. The van der Waals surface area contributed by atoms with Crippen molar-refractivity contribution in [1.82, 2.24) is 10.1 Å². The number of aliphatic imine (C=N–C) groups is 1. The molecule has 0 saturated carbocycles. The molecule has 0 aromatic carbocycles. The highest BCUT2D eigenvalue weighted by Crippen LogP contribution is 2.24. The molecule has 21 heavy (non-hydrogen) atoms. The normalized spacial score (nSPS) is 22.6. The monoisotopic (exact) mass is 404 g/mol. The highest BCUT2D eigenvalue weighted by atomic mass is 127. The van der Waals surface area contributed by atoms with Gasteiger partial charge in [-0.15, -0.1) is 24.0 Å². The fraction of sp³-hybridized carbons (Fsp3) is 0.733. The van der Waals surface area contributed by atoms with Gasteiger partial charge in [-0.05, 0) is 38.0 Å². The Balaban J connectivity index is 0.00000161. The summed E-state index contributed by atoms with van der Waals surface area (Å²) >= 11 is 0. The second kappa shape index (κ2) is 7.47. The van der Waals surface area contributed by atoms with Gasteiger partial charge in [0.15, 0.2) is 5.96 Å². The van der Waals surface area contributed by atoms with Gasteiger partial charge in [-0.2, -0.15) is 0 Å². The smallest absolute Gasteiger partial charge is 0.191 e. The minimum atomic E-state index is 0. The van der Waals surface area contributed by atoms with Crippen LogP contribution in [0.25, 0.3) is 0 Å². The molecule has 1 aromatic heterocycles. The predicted molar refractivity (Wildman–Crippen MR) is 93.9 cm³/mol. The summed E-state index contributed by atoms with van der Waals surface area (Å²) < 4.78 is 5.41. The molecular weight excluding hydrogens is 379 g/mol. The average molecular weight is 404 g/mol. The molecule has 1 atom stereocenters. The number of nitrogens with two attached hydrogens (primary N) is 1. The number of rotatable bonds is 2. The van der Waals surface area contributed by atoms with E-state index in [2.05, 4.69) is 22.0 Å². The third kappa shape index (κ3) is 3.90. The molecule has 2 aliphatic rings. The van der Waals surface area contributed by atoms with E-state index in [9.17, 15) is 0 Å². The second-order valence-corrected chi connectivity index (χ2v) is 6.11. The third-order valence-corrected chi connectivity index (χ3v) is 4.40. The first-order chi connectivity index (χ1) is 9.74. The number of piperidine rings is 1. The van der Waals surface area contributed by atoms with Gasteiger partial charge in [-0.3, -0.25) is 0 Å². The summed E-state index contributed by atoms with van der Waals surface area (Å²) in [4.78, 5) is 6.73. The molecular formula is C15H25IN4O. The first kappa shape index (κ1) is 16.6. The van der Waals surface area contributed by atoms with Gasteiger partial charge in [0.2, 0.25) is 0 Å². The summed E-state index contributed by atoms with van der Waals surface area (Å²) in [6, 6.07) is 0. The summed E-state index contributed by atoms with van der Waals surface area (Å²) in [7, 11) is 0. The van der Waals surface area contributed by atoms with Crippen LogP contribution in [0, 0.1) is 5.92 Å². The molecule has 1 aromatic rings. The zero-order chi connectivity index (χ0) is 13.9. The molecule has 2 heterocycles. The molecule has 0 amide bonds. The molecule has 0 radical (unpaired) electrons. The summed E-state index contributed by atoms with van der Waals surface area (Å²) in [5.74, 6) is 2.42. The van der Waals surface area contributed by atoms with E-state index >= 15 is 0 Å². The van der Waals surface area contributed by atoms with Crippen molar-refractivity contribution >= 4 is 29.9 Å². The van der Waals surface area contributed by atoms with Gasteiger partial charge in [0.05, 0.1) is 6.54 Å². The van der Waals surface area contributed by atoms with E-state index in [-0.39, 0.29) is 24.0 Å². The van der Waals surface area contributed by atoms with Gasteiger partial charge in [-0.25, -0.2) is 4.99 Å². The largest absolute Gasteiger partial charge is 0.370 e. The lowest BCUT2D eigenvalue weighted by Gasteiger charge is -2.31. The fourth-order valence-electron chi connectivity index (χ4n) is 3.23. The van der Waals surface area contributed by atoms with Crippen LogP contribution in [-0.4, -0.2) is 29.1 Å². The minimum absolute atomic E-state index is 0. The Hall–Kier alpha value is -0.790. The Bertz CT molecular complexity index is 500. The number of hydrogen-bond donors (Lipinski definition) is 1. The summed E-state index contributed by atoms with van der Waals surface area (Å²) in [5.41, 5.74) is 8.38. The van der Waals surface area contributed by atoms with Crippen molar-refractivity contribution in [2.45, 2.75) is 52.0 Å². The van der Waals surface area contributed by atoms with E-state index in [0.29, 0.717) is 18.4 Å². The topological polar surface area (TPSA) is 67.7 Å². The second-order valence-electron chi connectivity index (χ2n) is 6.11. The maximum absolute atomic E-state index is 6.12. The maximum Gasteiger partial charge on any atom is 0.191 e. The van der Waals surface area contributed by atoms with Crippen LogP contribution in [0.4, 0.5) is 0 Å². The van der Waals surface area contributed by atoms with Crippen molar-refractivity contribution in [3.05, 3.63) is 17.0 Å². The molecule has 1 saturated heterocycles. The molecule has 1 aliphatic heterocycles. The van der Waals surface area contributed by atoms with Gasteiger partial charge in [0.25, 0.3) is 0 Å². The van der Waals surface area contributed by atoms with E-state index in [4.69, 9.17) is 10.3 Å². The van der Waals surface area contributed by atoms with Crippen LogP contribution in [0.5, 0.6) is 0 Å². The molecule has 5 nitrogen and oxygen atoms in total. The van der Waals surface area contributed by atoms with Gasteiger partial charge < -0.3 is 15.2 Å². The fourth-order valence-corrected chi connectivity index (χ4v) is 3.23. The number of aryl methyl sites for hydroxylation is 1. The quantitative estimate of drug-likeness (QED) is 0.468. The molecule has 6 heteroatoms. The molecule has 2 N–H and O–H groups in total. The Morgan fingerprint density at radius 2 is 2.19 bits per heavy atom. The highest BCUT2D eigenvalue weighted by Gasteiger charge is 2.20. The Morgan fingerprint density at radius 3 is 3.00 bits per heavy atom. The molecule has 118 valence electrons. The number of aromatic nitrogens is 1. The van der Waals surface area contributed by atoms with Crippen molar-refractivity contribution in [1.29, 1.82) is 0 Å². The predicted octanol–water partition coefficient (Wildman–Crippen LogP) is 2.72. The number of halogens is 1. The van der Waals surface area contributed by atoms with Crippen LogP contribution in [-0.2, 0) is 19.4 Å². The highest BCUT2D eigenvalue weighted by molar-refractivity contribution is 14.0. The van der Waals surface area contributed by atoms with Crippen molar-refractivity contribution in [3.63, 3.8) is 0 Å². The molecule has 1 fully saturated rings. The molecule has 1 unspecified atom stereocenters.